The standard InChI is InChI=1S/C21H18F2N6O2S/c1-9-25-20-16(11-3-2-4-15(11)32-20)21(31)28(9)27-19(30)12-8-24-29-14(17(22)23)7-13(10-5-6-10)26-18(12)29/h7-8,10,17H,2-6H2,1H3,(H,27,30). The number of carbonyl (C=O) groups is 1. The normalized spacial score (nSPS) is 15.8. The van der Waals surface area contributed by atoms with Gasteiger partial charge in [0.1, 0.15) is 21.9 Å². The zero-order valence-corrected chi connectivity index (χ0v) is 17.9. The number of aromatic nitrogens is 5. The summed E-state index contributed by atoms with van der Waals surface area (Å²) in [6, 6.07) is 1.35. The SMILES string of the molecule is Cc1nc2sc3c(c2c(=O)n1NC(=O)c1cnn2c(C(F)F)cc(C4CC4)nc12)CCC3. The number of thiophene rings is 1. The number of alkyl halides is 2. The van der Waals surface area contributed by atoms with Gasteiger partial charge in [0.15, 0.2) is 5.65 Å². The topological polar surface area (TPSA) is 94.2 Å². The fraction of sp³-hybridized carbons (Fsp3) is 0.381. The highest BCUT2D eigenvalue weighted by atomic mass is 32.1. The fourth-order valence-electron chi connectivity index (χ4n) is 4.35. The third-order valence-corrected chi connectivity index (χ3v) is 7.29. The van der Waals surface area contributed by atoms with Gasteiger partial charge >= 0.3 is 0 Å². The lowest BCUT2D eigenvalue weighted by molar-refractivity contribution is 0.101. The minimum Gasteiger partial charge on any atom is -0.267 e. The zero-order valence-electron chi connectivity index (χ0n) is 17.1. The van der Waals surface area contributed by atoms with Gasteiger partial charge in [-0.3, -0.25) is 15.0 Å². The van der Waals surface area contributed by atoms with Crippen molar-refractivity contribution in [3.8, 4) is 0 Å². The molecule has 4 aromatic rings. The largest absolute Gasteiger partial charge is 0.281 e. The predicted molar refractivity (Wildman–Crippen MR) is 114 cm³/mol. The quantitative estimate of drug-likeness (QED) is 0.507. The lowest BCUT2D eigenvalue weighted by atomic mass is 10.2. The molecule has 0 aromatic carbocycles. The molecule has 0 saturated heterocycles. The van der Waals surface area contributed by atoms with Gasteiger partial charge in [0, 0.05) is 16.5 Å². The Bertz CT molecular complexity index is 1480. The maximum atomic E-state index is 13.6. The average molecular weight is 456 g/mol. The summed E-state index contributed by atoms with van der Waals surface area (Å²) in [6.45, 7) is 1.64. The Labute approximate surface area is 183 Å². The second kappa shape index (κ2) is 6.89. The van der Waals surface area contributed by atoms with E-state index in [0.29, 0.717) is 21.7 Å². The third kappa shape index (κ3) is 2.87. The number of amides is 1. The first-order chi connectivity index (χ1) is 15.4. The van der Waals surface area contributed by atoms with E-state index in [2.05, 4.69) is 20.5 Å². The maximum absolute atomic E-state index is 13.6. The van der Waals surface area contributed by atoms with Gasteiger partial charge in [-0.2, -0.15) is 5.10 Å². The molecule has 4 aromatic heterocycles. The highest BCUT2D eigenvalue weighted by molar-refractivity contribution is 7.18. The Morgan fingerprint density at radius 3 is 2.84 bits per heavy atom. The molecular formula is C21H18F2N6O2S. The van der Waals surface area contributed by atoms with E-state index in [1.54, 1.807) is 6.92 Å². The Hall–Kier alpha value is -3.21. The molecule has 0 unspecified atom stereocenters. The van der Waals surface area contributed by atoms with Crippen LogP contribution in [-0.4, -0.2) is 30.2 Å². The van der Waals surface area contributed by atoms with Gasteiger partial charge in [-0.05, 0) is 50.7 Å². The molecule has 0 aliphatic heterocycles. The van der Waals surface area contributed by atoms with E-state index in [-0.39, 0.29) is 28.4 Å². The van der Waals surface area contributed by atoms with Gasteiger partial charge in [0.25, 0.3) is 17.9 Å². The van der Waals surface area contributed by atoms with E-state index in [4.69, 9.17) is 0 Å². The average Bonchev–Trinajstić information content (AvgIpc) is 3.20. The summed E-state index contributed by atoms with van der Waals surface area (Å²) in [4.78, 5) is 37.1. The maximum Gasteiger partial charge on any atom is 0.281 e. The Kier molecular flexibility index (Phi) is 4.19. The molecule has 2 aliphatic carbocycles. The van der Waals surface area contributed by atoms with Crippen molar-refractivity contribution < 1.29 is 13.6 Å². The van der Waals surface area contributed by atoms with Crippen LogP contribution in [0, 0.1) is 6.92 Å². The van der Waals surface area contributed by atoms with Crippen LogP contribution in [0.1, 0.15) is 69.6 Å². The molecular weight excluding hydrogens is 438 g/mol. The minimum absolute atomic E-state index is 0.0244. The molecule has 32 heavy (non-hydrogen) atoms. The smallest absolute Gasteiger partial charge is 0.267 e. The fourth-order valence-corrected chi connectivity index (χ4v) is 5.65. The highest BCUT2D eigenvalue weighted by Crippen LogP contribution is 2.40. The lowest BCUT2D eigenvalue weighted by Gasteiger charge is -2.11. The molecule has 11 heteroatoms. The first-order valence-electron chi connectivity index (χ1n) is 10.4. The van der Waals surface area contributed by atoms with E-state index in [0.717, 1.165) is 46.9 Å². The lowest BCUT2D eigenvalue weighted by Crippen LogP contribution is -2.35. The number of hydrogen-bond donors (Lipinski definition) is 1. The number of hydrogen-bond acceptors (Lipinski definition) is 6. The molecule has 1 amide bonds. The van der Waals surface area contributed by atoms with E-state index >= 15 is 0 Å². The first kappa shape index (κ1) is 19.5. The van der Waals surface area contributed by atoms with Gasteiger partial charge in [0.05, 0.1) is 11.6 Å². The molecule has 0 atom stereocenters. The van der Waals surface area contributed by atoms with Gasteiger partial charge < -0.3 is 0 Å². The van der Waals surface area contributed by atoms with Crippen molar-refractivity contribution >= 4 is 33.1 Å². The van der Waals surface area contributed by atoms with Crippen molar-refractivity contribution in [2.75, 3.05) is 5.43 Å². The molecule has 0 radical (unpaired) electrons. The number of nitrogens with one attached hydrogen (secondary N) is 1. The van der Waals surface area contributed by atoms with Crippen LogP contribution in [0.5, 0.6) is 0 Å². The molecule has 1 fully saturated rings. The van der Waals surface area contributed by atoms with Gasteiger partial charge in [-0.1, -0.05) is 0 Å². The second-order valence-corrected chi connectivity index (χ2v) is 9.34. The summed E-state index contributed by atoms with van der Waals surface area (Å²) in [6.07, 6.45) is 2.97. The van der Waals surface area contributed by atoms with Crippen LogP contribution in [0.25, 0.3) is 15.9 Å². The van der Waals surface area contributed by atoms with Crippen LogP contribution in [0.4, 0.5) is 8.78 Å². The molecule has 6 rings (SSSR count). The van der Waals surface area contributed by atoms with Crippen LogP contribution < -0.4 is 11.0 Å². The van der Waals surface area contributed by atoms with Gasteiger partial charge in [-0.15, -0.1) is 11.3 Å². The minimum atomic E-state index is -2.76. The van der Waals surface area contributed by atoms with Gasteiger partial charge in [0.2, 0.25) is 0 Å². The van der Waals surface area contributed by atoms with Crippen LogP contribution in [0.2, 0.25) is 0 Å². The van der Waals surface area contributed by atoms with E-state index in [1.807, 2.05) is 0 Å². The summed E-state index contributed by atoms with van der Waals surface area (Å²) in [7, 11) is 0. The number of carbonyl (C=O) groups excluding carboxylic acids is 1. The Balaban J connectivity index is 1.44. The zero-order chi connectivity index (χ0) is 22.1. The number of fused-ring (bicyclic) bond motifs is 4. The molecule has 164 valence electrons. The Morgan fingerprint density at radius 1 is 1.28 bits per heavy atom. The van der Waals surface area contributed by atoms with Crippen LogP contribution in [0.3, 0.4) is 0 Å². The predicted octanol–water partition coefficient (Wildman–Crippen LogP) is 3.50. The summed E-state index contributed by atoms with van der Waals surface area (Å²) in [5.41, 5.74) is 3.57. The van der Waals surface area contributed by atoms with Crippen molar-refractivity contribution in [2.45, 2.75) is 51.4 Å². The molecule has 0 bridgehead atoms. The molecule has 1 N–H and O–H groups in total. The van der Waals surface area contributed by atoms with Crippen LogP contribution in [0.15, 0.2) is 17.1 Å². The van der Waals surface area contributed by atoms with Gasteiger partial charge in [-0.25, -0.2) is 27.9 Å². The molecule has 8 nitrogen and oxygen atoms in total. The summed E-state index contributed by atoms with van der Waals surface area (Å²) in [5.74, 6) is -0.188. The molecule has 1 saturated carbocycles. The van der Waals surface area contributed by atoms with Crippen molar-refractivity contribution in [2.24, 2.45) is 0 Å². The van der Waals surface area contributed by atoms with Crippen molar-refractivity contribution in [3.63, 3.8) is 0 Å². The van der Waals surface area contributed by atoms with E-state index in [1.165, 1.54) is 28.5 Å². The van der Waals surface area contributed by atoms with Crippen LogP contribution >= 0.6 is 11.3 Å². The van der Waals surface area contributed by atoms with Crippen LogP contribution in [-0.2, 0) is 12.8 Å². The third-order valence-electron chi connectivity index (χ3n) is 6.10. The van der Waals surface area contributed by atoms with E-state index < -0.39 is 12.3 Å². The summed E-state index contributed by atoms with van der Waals surface area (Å²) < 4.78 is 29.3. The number of halogens is 2. The number of nitrogens with zero attached hydrogens (tertiary/aromatic N) is 5. The Morgan fingerprint density at radius 2 is 2.09 bits per heavy atom. The molecule has 0 spiro atoms. The highest BCUT2D eigenvalue weighted by Gasteiger charge is 2.30. The van der Waals surface area contributed by atoms with Crippen molar-refractivity contribution in [3.05, 3.63) is 55.8 Å². The van der Waals surface area contributed by atoms with Crippen molar-refractivity contribution in [1.29, 1.82) is 0 Å². The van der Waals surface area contributed by atoms with E-state index in [9.17, 15) is 18.4 Å². The van der Waals surface area contributed by atoms with Crippen molar-refractivity contribution in [1.82, 2.24) is 24.3 Å². The first-order valence-corrected chi connectivity index (χ1v) is 11.3. The number of rotatable bonds is 4. The summed E-state index contributed by atoms with van der Waals surface area (Å²) in [5, 5.41) is 4.51. The summed E-state index contributed by atoms with van der Waals surface area (Å²) >= 11 is 1.52. The monoisotopic (exact) mass is 456 g/mol. The second-order valence-electron chi connectivity index (χ2n) is 8.25. The molecule has 4 heterocycles. The number of aryl methyl sites for hydroxylation is 3. The molecule has 2 aliphatic rings.